The number of methoxy groups -OCH3 is 1. The number of rotatable bonds is 6. The minimum atomic E-state index is -0.365. The van der Waals surface area contributed by atoms with Gasteiger partial charge in [0.05, 0.1) is 19.9 Å². The molecule has 2 aromatic rings. The monoisotopic (exact) mass is 299 g/mol. The molecule has 0 aliphatic heterocycles. The minimum absolute atomic E-state index is 0.310. The Bertz CT molecular complexity index is 657. The molecule has 1 aromatic carbocycles. The number of benzene rings is 1. The smallest absolute Gasteiger partial charge is 0.289 e. The third-order valence-corrected chi connectivity index (χ3v) is 2.76. The van der Waals surface area contributed by atoms with Crippen LogP contribution in [0.5, 0.6) is 11.5 Å². The number of hydrazone groups is 1. The van der Waals surface area contributed by atoms with Gasteiger partial charge in [-0.2, -0.15) is 5.10 Å². The SMILES string of the molecule is CCOc1cc(/C=N\NC(=O)c2ccccn2)ccc1OC. The summed E-state index contributed by atoms with van der Waals surface area (Å²) < 4.78 is 10.7. The highest BCUT2D eigenvalue weighted by atomic mass is 16.5. The first-order valence-electron chi connectivity index (χ1n) is 6.80. The van der Waals surface area contributed by atoms with Crippen LogP contribution in [0.1, 0.15) is 23.0 Å². The summed E-state index contributed by atoms with van der Waals surface area (Å²) in [6.07, 6.45) is 3.08. The molecule has 0 bridgehead atoms. The van der Waals surface area contributed by atoms with Crippen molar-refractivity contribution >= 4 is 12.1 Å². The fourth-order valence-electron chi connectivity index (χ4n) is 1.76. The molecule has 0 unspecified atom stereocenters. The van der Waals surface area contributed by atoms with Gasteiger partial charge < -0.3 is 9.47 Å². The van der Waals surface area contributed by atoms with Crippen molar-refractivity contribution < 1.29 is 14.3 Å². The highest BCUT2D eigenvalue weighted by Crippen LogP contribution is 2.27. The Morgan fingerprint density at radius 3 is 2.86 bits per heavy atom. The Morgan fingerprint density at radius 1 is 1.32 bits per heavy atom. The number of nitrogens with zero attached hydrogens (tertiary/aromatic N) is 2. The molecule has 0 spiro atoms. The predicted molar refractivity (Wildman–Crippen MR) is 83.5 cm³/mol. The number of nitrogens with one attached hydrogen (secondary N) is 1. The van der Waals surface area contributed by atoms with Gasteiger partial charge in [0.2, 0.25) is 0 Å². The molecule has 1 amide bonds. The van der Waals surface area contributed by atoms with E-state index in [2.05, 4.69) is 15.5 Å². The van der Waals surface area contributed by atoms with Crippen LogP contribution >= 0.6 is 0 Å². The van der Waals surface area contributed by atoms with Crippen molar-refractivity contribution in [2.45, 2.75) is 6.92 Å². The predicted octanol–water partition coefficient (Wildman–Crippen LogP) is 2.25. The summed E-state index contributed by atoms with van der Waals surface area (Å²) >= 11 is 0. The third-order valence-electron chi connectivity index (χ3n) is 2.76. The van der Waals surface area contributed by atoms with Crippen LogP contribution in [-0.2, 0) is 0 Å². The first kappa shape index (κ1) is 15.5. The number of amides is 1. The van der Waals surface area contributed by atoms with E-state index >= 15 is 0 Å². The van der Waals surface area contributed by atoms with E-state index in [1.165, 1.54) is 6.21 Å². The summed E-state index contributed by atoms with van der Waals surface area (Å²) in [7, 11) is 1.58. The molecule has 6 nitrogen and oxygen atoms in total. The second-order valence-electron chi connectivity index (χ2n) is 4.26. The molecule has 1 heterocycles. The highest BCUT2D eigenvalue weighted by Gasteiger charge is 2.05. The van der Waals surface area contributed by atoms with Gasteiger partial charge in [-0.1, -0.05) is 6.07 Å². The molecular formula is C16H17N3O3. The fraction of sp³-hybridized carbons (Fsp3) is 0.188. The van der Waals surface area contributed by atoms with Crippen molar-refractivity contribution in [3.63, 3.8) is 0 Å². The molecule has 0 atom stereocenters. The van der Waals surface area contributed by atoms with Crippen molar-refractivity contribution in [3.05, 3.63) is 53.9 Å². The molecule has 0 aliphatic rings. The van der Waals surface area contributed by atoms with E-state index in [9.17, 15) is 4.79 Å². The maximum Gasteiger partial charge on any atom is 0.289 e. The van der Waals surface area contributed by atoms with E-state index in [1.807, 2.05) is 13.0 Å². The normalized spacial score (nSPS) is 10.5. The zero-order valence-electron chi connectivity index (χ0n) is 12.4. The van der Waals surface area contributed by atoms with Crippen molar-refractivity contribution in [1.82, 2.24) is 10.4 Å². The number of hydrogen-bond donors (Lipinski definition) is 1. The molecule has 0 radical (unpaired) electrons. The number of carbonyl (C=O) groups is 1. The number of pyridine rings is 1. The molecule has 114 valence electrons. The third kappa shape index (κ3) is 4.05. The van der Waals surface area contributed by atoms with Crippen LogP contribution < -0.4 is 14.9 Å². The van der Waals surface area contributed by atoms with Gasteiger partial charge >= 0.3 is 0 Å². The van der Waals surface area contributed by atoms with Crippen molar-refractivity contribution in [1.29, 1.82) is 0 Å². The van der Waals surface area contributed by atoms with Crippen molar-refractivity contribution in [3.8, 4) is 11.5 Å². The summed E-state index contributed by atoms with van der Waals surface area (Å²) in [5.74, 6) is 0.914. The van der Waals surface area contributed by atoms with E-state index < -0.39 is 0 Å². The minimum Gasteiger partial charge on any atom is -0.493 e. The molecule has 2 rings (SSSR count). The molecule has 22 heavy (non-hydrogen) atoms. The second-order valence-corrected chi connectivity index (χ2v) is 4.26. The zero-order valence-corrected chi connectivity index (χ0v) is 12.4. The summed E-state index contributed by atoms with van der Waals surface area (Å²) in [5, 5.41) is 3.91. The van der Waals surface area contributed by atoms with Crippen LogP contribution in [-0.4, -0.2) is 30.8 Å². The highest BCUT2D eigenvalue weighted by molar-refractivity contribution is 5.93. The average Bonchev–Trinajstić information content (AvgIpc) is 2.56. The second kappa shape index (κ2) is 7.78. The first-order chi connectivity index (χ1) is 10.7. The van der Waals surface area contributed by atoms with E-state index in [0.717, 1.165) is 5.56 Å². The molecule has 0 saturated carbocycles. The van der Waals surface area contributed by atoms with Crippen molar-refractivity contribution in [2.24, 2.45) is 5.10 Å². The van der Waals surface area contributed by atoms with E-state index in [-0.39, 0.29) is 5.91 Å². The number of carbonyl (C=O) groups excluding carboxylic acids is 1. The Morgan fingerprint density at radius 2 is 2.18 bits per heavy atom. The number of hydrogen-bond acceptors (Lipinski definition) is 5. The topological polar surface area (TPSA) is 72.8 Å². The van der Waals surface area contributed by atoms with Crippen molar-refractivity contribution in [2.75, 3.05) is 13.7 Å². The lowest BCUT2D eigenvalue weighted by atomic mass is 10.2. The van der Waals surface area contributed by atoms with Gasteiger partial charge in [-0.3, -0.25) is 9.78 Å². The first-order valence-corrected chi connectivity index (χ1v) is 6.80. The Kier molecular flexibility index (Phi) is 5.48. The largest absolute Gasteiger partial charge is 0.493 e. The lowest BCUT2D eigenvalue weighted by Crippen LogP contribution is -2.18. The lowest BCUT2D eigenvalue weighted by molar-refractivity contribution is 0.0950. The maximum atomic E-state index is 11.8. The van der Waals surface area contributed by atoms with Gasteiger partial charge in [0, 0.05) is 6.20 Å². The fourth-order valence-corrected chi connectivity index (χ4v) is 1.76. The van der Waals surface area contributed by atoms with Gasteiger partial charge in [0.1, 0.15) is 5.69 Å². The van der Waals surface area contributed by atoms with Crippen LogP contribution in [0.15, 0.2) is 47.7 Å². The Hall–Kier alpha value is -2.89. The number of aromatic nitrogens is 1. The van der Waals surface area contributed by atoms with Crippen LogP contribution in [0, 0.1) is 0 Å². The van der Waals surface area contributed by atoms with Gasteiger partial charge in [-0.15, -0.1) is 0 Å². The molecular weight excluding hydrogens is 282 g/mol. The van der Waals surface area contributed by atoms with Crippen LogP contribution in [0.4, 0.5) is 0 Å². The van der Waals surface area contributed by atoms with Gasteiger partial charge in [-0.05, 0) is 42.8 Å². The Labute approximate surface area is 128 Å². The van der Waals surface area contributed by atoms with E-state index in [0.29, 0.717) is 23.8 Å². The van der Waals surface area contributed by atoms with Gasteiger partial charge in [-0.25, -0.2) is 5.43 Å². The molecule has 1 N–H and O–H groups in total. The summed E-state index contributed by atoms with van der Waals surface area (Å²) in [5.41, 5.74) is 3.52. The van der Waals surface area contributed by atoms with Gasteiger partial charge in [0.25, 0.3) is 5.91 Å². The molecule has 0 fully saturated rings. The summed E-state index contributed by atoms with van der Waals surface area (Å²) in [6.45, 7) is 2.43. The van der Waals surface area contributed by atoms with E-state index in [1.54, 1.807) is 43.6 Å². The van der Waals surface area contributed by atoms with E-state index in [4.69, 9.17) is 9.47 Å². The molecule has 0 saturated heterocycles. The van der Waals surface area contributed by atoms with Crippen LogP contribution in [0.3, 0.4) is 0 Å². The lowest BCUT2D eigenvalue weighted by Gasteiger charge is -2.09. The quantitative estimate of drug-likeness (QED) is 0.656. The average molecular weight is 299 g/mol. The van der Waals surface area contributed by atoms with Crippen LogP contribution in [0.2, 0.25) is 0 Å². The summed E-state index contributed by atoms with van der Waals surface area (Å²) in [4.78, 5) is 15.7. The number of ether oxygens (including phenoxy) is 2. The Balaban J connectivity index is 2.04. The maximum absolute atomic E-state index is 11.8. The molecule has 6 heteroatoms. The molecule has 1 aromatic heterocycles. The zero-order chi connectivity index (χ0) is 15.8. The van der Waals surface area contributed by atoms with Gasteiger partial charge in [0.15, 0.2) is 11.5 Å². The van der Waals surface area contributed by atoms with Crippen LogP contribution in [0.25, 0.3) is 0 Å². The molecule has 0 aliphatic carbocycles. The summed E-state index contributed by atoms with van der Waals surface area (Å²) in [6, 6.07) is 10.5. The standard InChI is InChI=1S/C16H17N3O3/c1-3-22-15-10-12(7-8-14(15)21-2)11-18-19-16(20)13-6-4-5-9-17-13/h4-11H,3H2,1-2H3,(H,19,20)/b18-11-.